The minimum atomic E-state index is 0.413. The van der Waals surface area contributed by atoms with Crippen LogP contribution >= 0.6 is 23.2 Å². The standard InChI is InChI=1S/C12H12Cl2N2O/c1-16(6-9-2-3-17-8-9)7-10-5-15-12(14)4-11(10)13/h2-5,8H,6-7H2,1H3. The van der Waals surface area contributed by atoms with Gasteiger partial charge in [0.1, 0.15) is 5.15 Å². The molecule has 0 bridgehead atoms. The van der Waals surface area contributed by atoms with Gasteiger partial charge in [0.25, 0.3) is 0 Å². The van der Waals surface area contributed by atoms with Gasteiger partial charge in [-0.3, -0.25) is 4.90 Å². The Morgan fingerprint density at radius 1 is 1.35 bits per heavy atom. The molecular weight excluding hydrogens is 259 g/mol. The van der Waals surface area contributed by atoms with Crippen LogP contribution in [0.2, 0.25) is 10.2 Å². The van der Waals surface area contributed by atoms with E-state index in [-0.39, 0.29) is 0 Å². The van der Waals surface area contributed by atoms with E-state index < -0.39 is 0 Å². The quantitative estimate of drug-likeness (QED) is 0.795. The summed E-state index contributed by atoms with van der Waals surface area (Å²) in [6, 6.07) is 3.60. The number of pyridine rings is 1. The second-order valence-corrected chi connectivity index (χ2v) is 4.70. The van der Waals surface area contributed by atoms with E-state index in [1.807, 2.05) is 13.1 Å². The van der Waals surface area contributed by atoms with Crippen LogP contribution in [-0.4, -0.2) is 16.9 Å². The van der Waals surface area contributed by atoms with Crippen molar-refractivity contribution < 1.29 is 4.42 Å². The van der Waals surface area contributed by atoms with Crippen molar-refractivity contribution in [3.05, 3.63) is 52.2 Å². The molecule has 0 N–H and O–H groups in total. The Labute approximate surface area is 110 Å². The van der Waals surface area contributed by atoms with Crippen LogP contribution in [-0.2, 0) is 13.1 Å². The first-order chi connectivity index (χ1) is 8.15. The largest absolute Gasteiger partial charge is 0.472 e. The van der Waals surface area contributed by atoms with Crippen LogP contribution in [0.25, 0.3) is 0 Å². The van der Waals surface area contributed by atoms with Crippen molar-refractivity contribution in [2.24, 2.45) is 0 Å². The molecule has 0 amide bonds. The van der Waals surface area contributed by atoms with Gasteiger partial charge in [0.15, 0.2) is 0 Å². The molecule has 0 spiro atoms. The van der Waals surface area contributed by atoms with Crippen LogP contribution in [0, 0.1) is 0 Å². The number of hydrogen-bond acceptors (Lipinski definition) is 3. The van der Waals surface area contributed by atoms with Gasteiger partial charge in [0, 0.05) is 35.4 Å². The molecule has 0 aliphatic heterocycles. The third-order valence-electron chi connectivity index (χ3n) is 2.37. The molecule has 2 rings (SSSR count). The Balaban J connectivity index is 2.00. The lowest BCUT2D eigenvalue weighted by Crippen LogP contribution is -2.17. The Kier molecular flexibility index (Phi) is 4.05. The number of rotatable bonds is 4. The van der Waals surface area contributed by atoms with Crippen LogP contribution in [0.15, 0.2) is 35.3 Å². The van der Waals surface area contributed by atoms with Gasteiger partial charge in [0.2, 0.25) is 0 Å². The third-order valence-corrected chi connectivity index (χ3v) is 2.93. The second kappa shape index (κ2) is 5.54. The Bertz CT molecular complexity index is 485. The zero-order valence-electron chi connectivity index (χ0n) is 9.36. The lowest BCUT2D eigenvalue weighted by molar-refractivity contribution is 0.317. The summed E-state index contributed by atoms with van der Waals surface area (Å²) in [4.78, 5) is 6.15. The number of nitrogens with zero attached hydrogens (tertiary/aromatic N) is 2. The molecule has 90 valence electrons. The van der Waals surface area contributed by atoms with Crippen molar-refractivity contribution in [3.63, 3.8) is 0 Å². The predicted octanol–water partition coefficient (Wildman–Crippen LogP) is 3.61. The molecule has 0 saturated heterocycles. The van der Waals surface area contributed by atoms with Gasteiger partial charge in [-0.15, -0.1) is 0 Å². The maximum Gasteiger partial charge on any atom is 0.130 e. The van der Waals surface area contributed by atoms with E-state index in [2.05, 4.69) is 9.88 Å². The molecule has 0 unspecified atom stereocenters. The summed E-state index contributed by atoms with van der Waals surface area (Å²) in [7, 11) is 2.01. The molecule has 0 aliphatic rings. The SMILES string of the molecule is CN(Cc1ccoc1)Cc1cnc(Cl)cc1Cl. The highest BCUT2D eigenvalue weighted by Crippen LogP contribution is 2.20. The monoisotopic (exact) mass is 270 g/mol. The summed E-state index contributed by atoms with van der Waals surface area (Å²) in [5.74, 6) is 0. The van der Waals surface area contributed by atoms with Crippen molar-refractivity contribution in [1.82, 2.24) is 9.88 Å². The predicted molar refractivity (Wildman–Crippen MR) is 68.1 cm³/mol. The molecule has 2 aromatic rings. The van der Waals surface area contributed by atoms with Crippen LogP contribution in [0.3, 0.4) is 0 Å². The fourth-order valence-electron chi connectivity index (χ4n) is 1.59. The van der Waals surface area contributed by atoms with Crippen LogP contribution in [0.4, 0.5) is 0 Å². The van der Waals surface area contributed by atoms with Crippen molar-refractivity contribution in [1.29, 1.82) is 0 Å². The van der Waals surface area contributed by atoms with Crippen molar-refractivity contribution >= 4 is 23.2 Å². The lowest BCUT2D eigenvalue weighted by atomic mass is 10.2. The highest BCUT2D eigenvalue weighted by atomic mass is 35.5. The van der Waals surface area contributed by atoms with Gasteiger partial charge in [-0.2, -0.15) is 0 Å². The van der Waals surface area contributed by atoms with E-state index in [1.54, 1.807) is 24.8 Å². The molecule has 17 heavy (non-hydrogen) atoms. The molecule has 0 fully saturated rings. The lowest BCUT2D eigenvalue weighted by Gasteiger charge is -2.16. The first-order valence-corrected chi connectivity index (χ1v) is 5.90. The fourth-order valence-corrected chi connectivity index (χ4v) is 2.02. The number of aromatic nitrogens is 1. The first kappa shape index (κ1) is 12.4. The summed E-state index contributed by atoms with van der Waals surface area (Å²) < 4.78 is 5.02. The van der Waals surface area contributed by atoms with Gasteiger partial charge < -0.3 is 4.42 Å². The van der Waals surface area contributed by atoms with Crippen LogP contribution < -0.4 is 0 Å². The topological polar surface area (TPSA) is 29.3 Å². The summed E-state index contributed by atoms with van der Waals surface area (Å²) in [6.07, 6.45) is 5.11. The molecule has 0 radical (unpaired) electrons. The summed E-state index contributed by atoms with van der Waals surface area (Å²) in [5.41, 5.74) is 2.09. The van der Waals surface area contributed by atoms with E-state index in [1.165, 1.54) is 0 Å². The van der Waals surface area contributed by atoms with E-state index in [4.69, 9.17) is 27.6 Å². The third kappa shape index (κ3) is 3.46. The van der Waals surface area contributed by atoms with Crippen molar-refractivity contribution in [2.45, 2.75) is 13.1 Å². The fraction of sp³-hybridized carbons (Fsp3) is 0.250. The zero-order valence-corrected chi connectivity index (χ0v) is 10.9. The van der Waals surface area contributed by atoms with Crippen molar-refractivity contribution in [3.8, 4) is 0 Å². The summed E-state index contributed by atoms with van der Waals surface area (Å²) >= 11 is 11.8. The maximum atomic E-state index is 6.09. The summed E-state index contributed by atoms with van der Waals surface area (Å²) in [5, 5.41) is 1.06. The Hall–Kier alpha value is -1.03. The van der Waals surface area contributed by atoms with E-state index in [0.29, 0.717) is 16.7 Å². The average Bonchev–Trinajstić information content (AvgIpc) is 2.75. The van der Waals surface area contributed by atoms with Gasteiger partial charge >= 0.3 is 0 Å². The van der Waals surface area contributed by atoms with Crippen LogP contribution in [0.1, 0.15) is 11.1 Å². The highest BCUT2D eigenvalue weighted by Gasteiger charge is 2.07. The molecule has 0 saturated carbocycles. The molecule has 2 heterocycles. The normalized spacial score (nSPS) is 11.1. The minimum Gasteiger partial charge on any atom is -0.472 e. The molecule has 2 aromatic heterocycles. The Morgan fingerprint density at radius 2 is 2.18 bits per heavy atom. The maximum absolute atomic E-state index is 6.09. The zero-order chi connectivity index (χ0) is 12.3. The molecule has 5 heteroatoms. The van der Waals surface area contributed by atoms with Gasteiger partial charge in [-0.25, -0.2) is 4.98 Å². The second-order valence-electron chi connectivity index (χ2n) is 3.90. The first-order valence-electron chi connectivity index (χ1n) is 5.14. The summed E-state index contributed by atoms with van der Waals surface area (Å²) in [6.45, 7) is 1.52. The molecule has 0 aliphatic carbocycles. The van der Waals surface area contributed by atoms with Crippen molar-refractivity contribution in [2.75, 3.05) is 7.05 Å². The Morgan fingerprint density at radius 3 is 2.82 bits per heavy atom. The smallest absolute Gasteiger partial charge is 0.130 e. The molecular formula is C12H12Cl2N2O. The van der Waals surface area contributed by atoms with E-state index in [9.17, 15) is 0 Å². The van der Waals surface area contributed by atoms with Crippen LogP contribution in [0.5, 0.6) is 0 Å². The van der Waals surface area contributed by atoms with Gasteiger partial charge in [-0.1, -0.05) is 23.2 Å². The number of halogens is 2. The molecule has 3 nitrogen and oxygen atoms in total. The van der Waals surface area contributed by atoms with E-state index >= 15 is 0 Å². The van der Waals surface area contributed by atoms with E-state index in [0.717, 1.165) is 17.7 Å². The molecule has 0 aromatic carbocycles. The highest BCUT2D eigenvalue weighted by molar-refractivity contribution is 6.34. The number of furan rings is 1. The average molecular weight is 271 g/mol. The molecule has 0 atom stereocenters. The minimum absolute atomic E-state index is 0.413. The number of hydrogen-bond donors (Lipinski definition) is 0. The van der Waals surface area contributed by atoms with Gasteiger partial charge in [-0.05, 0) is 19.2 Å². The van der Waals surface area contributed by atoms with Gasteiger partial charge in [0.05, 0.1) is 12.5 Å².